The molecule has 1 saturated heterocycles. The first-order chi connectivity index (χ1) is 16.9. The van der Waals surface area contributed by atoms with E-state index in [9.17, 15) is 14.4 Å². The minimum atomic E-state index is -1.07. The number of nitrogens with one attached hydrogen (secondary N) is 1. The lowest BCUT2D eigenvalue weighted by molar-refractivity contribution is -0.158. The maximum absolute atomic E-state index is 13.5. The fourth-order valence-corrected chi connectivity index (χ4v) is 4.80. The van der Waals surface area contributed by atoms with E-state index in [1.54, 1.807) is 18.2 Å². The van der Waals surface area contributed by atoms with Gasteiger partial charge in [0.2, 0.25) is 11.8 Å². The van der Waals surface area contributed by atoms with Gasteiger partial charge in [0.1, 0.15) is 18.0 Å². The van der Waals surface area contributed by atoms with Crippen molar-refractivity contribution in [1.82, 2.24) is 30.4 Å². The first-order valence-corrected chi connectivity index (χ1v) is 12.0. The third-order valence-electron chi connectivity index (χ3n) is 6.26. The number of carbonyl (C=O) groups excluding carboxylic acids is 3. The number of piperidine rings is 1. The summed E-state index contributed by atoms with van der Waals surface area (Å²) in [5, 5.41) is 14.5. The van der Waals surface area contributed by atoms with Crippen LogP contribution in [0, 0.1) is 5.92 Å². The molecule has 36 heavy (non-hydrogen) atoms. The highest BCUT2D eigenvalue weighted by Crippen LogP contribution is 2.56. The minimum Gasteiger partial charge on any atom is -0.456 e. The normalized spacial score (nSPS) is 23.7. The van der Waals surface area contributed by atoms with Crippen LogP contribution in [-0.2, 0) is 30.4 Å². The van der Waals surface area contributed by atoms with Gasteiger partial charge in [-0.15, -0.1) is 5.10 Å². The average molecular weight is 520 g/mol. The standard InChI is InChI=1S/C23H30ClN7O5/c1-13(32)36-23-8-15(23)10-30(21(34)17(25)11-35-22(2,3)4)19(23)20(33)26-9-14-7-16(24)5-6-18(14)31-12-27-28-29-31/h5-7,12,15,17,19H,8-11,25H2,1-4H3,(H,26,33)/t15-,17+,19+,23-/m0/s1. The van der Waals surface area contributed by atoms with Crippen LogP contribution < -0.4 is 11.1 Å². The molecule has 1 aromatic carbocycles. The Labute approximate surface area is 213 Å². The largest absolute Gasteiger partial charge is 0.456 e. The van der Waals surface area contributed by atoms with Crippen LogP contribution in [0.5, 0.6) is 0 Å². The molecule has 4 atom stereocenters. The summed E-state index contributed by atoms with van der Waals surface area (Å²) in [6.07, 6.45) is 1.92. The van der Waals surface area contributed by atoms with Crippen LogP contribution in [0.25, 0.3) is 5.69 Å². The number of nitrogens with zero attached hydrogens (tertiary/aromatic N) is 5. The fourth-order valence-electron chi connectivity index (χ4n) is 4.61. The number of fused-ring (bicyclic) bond motifs is 1. The molecule has 2 amide bonds. The molecule has 2 heterocycles. The third kappa shape index (κ3) is 5.35. The lowest BCUT2D eigenvalue weighted by Gasteiger charge is -2.33. The molecule has 13 heteroatoms. The second-order valence-corrected chi connectivity index (χ2v) is 10.6. The predicted octanol–water partition coefficient (Wildman–Crippen LogP) is 0.607. The van der Waals surface area contributed by atoms with E-state index in [4.69, 9.17) is 26.8 Å². The second-order valence-electron chi connectivity index (χ2n) is 10.1. The fraction of sp³-hybridized carbons (Fsp3) is 0.565. The monoisotopic (exact) mass is 519 g/mol. The minimum absolute atomic E-state index is 0.00375. The number of rotatable bonds is 8. The molecular formula is C23H30ClN7O5. The number of nitrogens with two attached hydrogens (primary N) is 1. The average Bonchev–Trinajstić information content (AvgIpc) is 3.14. The van der Waals surface area contributed by atoms with E-state index < -0.39 is 41.1 Å². The van der Waals surface area contributed by atoms with Gasteiger partial charge in [0.15, 0.2) is 6.04 Å². The lowest BCUT2D eigenvalue weighted by atomic mass is 10.1. The highest BCUT2D eigenvalue weighted by Gasteiger charge is 2.72. The van der Waals surface area contributed by atoms with E-state index in [1.165, 1.54) is 22.8 Å². The first kappa shape index (κ1) is 26.0. The number of hydrogen-bond donors (Lipinski definition) is 2. The van der Waals surface area contributed by atoms with E-state index in [0.717, 1.165) is 0 Å². The number of amides is 2. The van der Waals surface area contributed by atoms with Gasteiger partial charge in [-0.1, -0.05) is 11.6 Å². The predicted molar refractivity (Wildman–Crippen MR) is 128 cm³/mol. The van der Waals surface area contributed by atoms with Gasteiger partial charge in [-0.2, -0.15) is 0 Å². The Morgan fingerprint density at radius 2 is 2.08 bits per heavy atom. The van der Waals surface area contributed by atoms with Crippen molar-refractivity contribution in [1.29, 1.82) is 0 Å². The number of carbonyl (C=O) groups is 3. The number of benzene rings is 1. The van der Waals surface area contributed by atoms with Crippen LogP contribution in [-0.4, -0.2) is 79.3 Å². The van der Waals surface area contributed by atoms with Gasteiger partial charge in [-0.25, -0.2) is 4.68 Å². The Kier molecular flexibility index (Phi) is 7.04. The smallest absolute Gasteiger partial charge is 0.303 e. The Hall–Kier alpha value is -3.09. The summed E-state index contributed by atoms with van der Waals surface area (Å²) in [6.45, 7) is 7.21. The molecule has 1 aliphatic carbocycles. The maximum Gasteiger partial charge on any atom is 0.303 e. The highest BCUT2D eigenvalue weighted by atomic mass is 35.5. The molecule has 4 rings (SSSR count). The summed E-state index contributed by atoms with van der Waals surface area (Å²) in [4.78, 5) is 40.1. The van der Waals surface area contributed by atoms with Crippen LogP contribution in [0.3, 0.4) is 0 Å². The number of halogens is 1. The summed E-state index contributed by atoms with van der Waals surface area (Å²) in [7, 11) is 0. The number of tetrazole rings is 1. The molecular weight excluding hydrogens is 490 g/mol. The van der Waals surface area contributed by atoms with E-state index in [-0.39, 0.29) is 25.6 Å². The highest BCUT2D eigenvalue weighted by molar-refractivity contribution is 6.30. The molecule has 0 spiro atoms. The molecule has 1 saturated carbocycles. The van der Waals surface area contributed by atoms with E-state index in [1.807, 2.05) is 20.8 Å². The Morgan fingerprint density at radius 3 is 2.72 bits per heavy atom. The van der Waals surface area contributed by atoms with Gasteiger partial charge in [0.25, 0.3) is 0 Å². The summed E-state index contributed by atoms with van der Waals surface area (Å²) in [5.74, 6) is -1.55. The SMILES string of the molecule is CC(=O)O[C@@]12C[C@H]1CN(C(=O)[C@H](N)COC(C)(C)C)[C@@H]2C(=O)NCc1cc(Cl)ccc1-n1cnnn1. The molecule has 1 aliphatic heterocycles. The van der Waals surface area contributed by atoms with Crippen molar-refractivity contribution in [3.63, 3.8) is 0 Å². The lowest BCUT2D eigenvalue weighted by Crippen LogP contribution is -2.58. The van der Waals surface area contributed by atoms with Gasteiger partial charge in [0, 0.05) is 31.0 Å². The van der Waals surface area contributed by atoms with Crippen molar-refractivity contribution in [2.45, 2.75) is 63.9 Å². The summed E-state index contributed by atoms with van der Waals surface area (Å²) in [6, 6.07) is 3.13. The topological polar surface area (TPSA) is 155 Å². The summed E-state index contributed by atoms with van der Waals surface area (Å²) < 4.78 is 12.7. The second kappa shape index (κ2) is 9.75. The van der Waals surface area contributed by atoms with E-state index in [0.29, 0.717) is 22.7 Å². The number of esters is 1. The van der Waals surface area contributed by atoms with Crippen molar-refractivity contribution in [3.8, 4) is 5.69 Å². The van der Waals surface area contributed by atoms with Crippen LogP contribution in [0.2, 0.25) is 5.02 Å². The van der Waals surface area contributed by atoms with Crippen molar-refractivity contribution in [2.24, 2.45) is 11.7 Å². The van der Waals surface area contributed by atoms with E-state index >= 15 is 0 Å². The number of aromatic nitrogens is 4. The molecule has 194 valence electrons. The molecule has 12 nitrogen and oxygen atoms in total. The summed E-state index contributed by atoms with van der Waals surface area (Å²) >= 11 is 6.18. The van der Waals surface area contributed by atoms with Gasteiger partial charge >= 0.3 is 5.97 Å². The maximum atomic E-state index is 13.5. The molecule has 2 fully saturated rings. The van der Waals surface area contributed by atoms with Gasteiger partial charge in [0.05, 0.1) is 17.9 Å². The van der Waals surface area contributed by atoms with Crippen molar-refractivity contribution < 1.29 is 23.9 Å². The zero-order valence-electron chi connectivity index (χ0n) is 20.6. The van der Waals surface area contributed by atoms with E-state index in [2.05, 4.69) is 20.8 Å². The zero-order chi connectivity index (χ0) is 26.3. The van der Waals surface area contributed by atoms with Crippen LogP contribution in [0.4, 0.5) is 0 Å². The molecule has 2 aliphatic rings. The quantitative estimate of drug-likeness (QED) is 0.477. The molecule has 0 radical (unpaired) electrons. The van der Waals surface area contributed by atoms with Crippen LogP contribution >= 0.6 is 11.6 Å². The third-order valence-corrected chi connectivity index (χ3v) is 6.49. The van der Waals surface area contributed by atoms with Gasteiger partial charge < -0.3 is 25.4 Å². The number of ether oxygens (including phenoxy) is 2. The van der Waals surface area contributed by atoms with Crippen molar-refractivity contribution >= 4 is 29.4 Å². The molecule has 0 bridgehead atoms. The number of likely N-dealkylation sites (tertiary alicyclic amines) is 1. The first-order valence-electron chi connectivity index (χ1n) is 11.6. The van der Waals surface area contributed by atoms with Gasteiger partial charge in [-0.05, 0) is 61.4 Å². The van der Waals surface area contributed by atoms with Crippen molar-refractivity contribution in [3.05, 3.63) is 35.1 Å². The van der Waals surface area contributed by atoms with Crippen molar-refractivity contribution in [2.75, 3.05) is 13.2 Å². The van der Waals surface area contributed by atoms with Crippen LogP contribution in [0.15, 0.2) is 24.5 Å². The zero-order valence-corrected chi connectivity index (χ0v) is 21.4. The molecule has 2 aromatic rings. The Morgan fingerprint density at radius 1 is 1.33 bits per heavy atom. The Balaban J connectivity index is 1.54. The molecule has 1 aromatic heterocycles. The Bertz CT molecular complexity index is 1150. The van der Waals surface area contributed by atoms with Gasteiger partial charge in [-0.3, -0.25) is 14.4 Å². The van der Waals surface area contributed by atoms with Crippen LogP contribution in [0.1, 0.15) is 39.7 Å². The summed E-state index contributed by atoms with van der Waals surface area (Å²) in [5.41, 5.74) is 5.88. The number of hydrogen-bond acceptors (Lipinski definition) is 9. The molecule has 3 N–H and O–H groups in total. The molecule has 0 unspecified atom stereocenters.